The maximum atomic E-state index is 4.22. The van der Waals surface area contributed by atoms with Crippen LogP contribution in [0.25, 0.3) is 0 Å². The Labute approximate surface area is 167 Å². The highest BCUT2D eigenvalue weighted by molar-refractivity contribution is 5.43. The summed E-state index contributed by atoms with van der Waals surface area (Å²) in [6, 6.07) is 0. The molecule has 0 bridgehead atoms. The first-order valence-corrected chi connectivity index (χ1v) is 11.8. The van der Waals surface area contributed by atoms with Gasteiger partial charge in [0.2, 0.25) is 0 Å². The molecule has 0 heterocycles. The standard InChI is InChI=1S/C27H40/c1-7-8-19-16-27(6)22(19)14-23-21-10-9-20-13-17(2)11-12-25(20,4)24(21)18(3)15-26(23,27)5/h11-13,18-19,21-24H,2,7-10,14-16H2,1,3-6H3. The lowest BCUT2D eigenvalue weighted by Gasteiger charge is -2.64. The molecule has 4 fully saturated rings. The molecule has 148 valence electrons. The van der Waals surface area contributed by atoms with Gasteiger partial charge in [0.25, 0.3) is 0 Å². The van der Waals surface area contributed by atoms with E-state index in [9.17, 15) is 0 Å². The Hall–Kier alpha value is -0.780. The lowest BCUT2D eigenvalue weighted by molar-refractivity contribution is -0.138. The van der Waals surface area contributed by atoms with Gasteiger partial charge in [-0.05, 0) is 84.0 Å². The van der Waals surface area contributed by atoms with E-state index < -0.39 is 0 Å². The molecule has 0 N–H and O–H groups in total. The van der Waals surface area contributed by atoms with Crippen LogP contribution in [0.4, 0.5) is 0 Å². The second-order valence-electron chi connectivity index (χ2n) is 11.8. The van der Waals surface area contributed by atoms with Gasteiger partial charge in [0.05, 0.1) is 0 Å². The third-order valence-corrected chi connectivity index (χ3v) is 10.8. The molecule has 9 atom stereocenters. The molecule has 0 aromatic heterocycles. The topological polar surface area (TPSA) is 0 Å². The summed E-state index contributed by atoms with van der Waals surface area (Å²) in [7, 11) is 0. The second-order valence-corrected chi connectivity index (χ2v) is 11.8. The van der Waals surface area contributed by atoms with Gasteiger partial charge in [0.15, 0.2) is 0 Å². The third-order valence-electron chi connectivity index (χ3n) is 10.8. The van der Waals surface area contributed by atoms with Gasteiger partial charge in [-0.15, -0.1) is 0 Å². The van der Waals surface area contributed by atoms with Crippen molar-refractivity contribution in [3.8, 4) is 0 Å². The fourth-order valence-corrected chi connectivity index (χ4v) is 9.66. The molecule has 0 aliphatic heterocycles. The van der Waals surface area contributed by atoms with E-state index >= 15 is 0 Å². The molecular formula is C27H40. The van der Waals surface area contributed by atoms with Crippen LogP contribution in [-0.4, -0.2) is 0 Å². The largest absolute Gasteiger partial charge is 0.0918 e. The quantitative estimate of drug-likeness (QED) is 0.473. The Morgan fingerprint density at radius 1 is 1.11 bits per heavy atom. The van der Waals surface area contributed by atoms with Crippen molar-refractivity contribution in [1.29, 1.82) is 0 Å². The van der Waals surface area contributed by atoms with Crippen molar-refractivity contribution < 1.29 is 0 Å². The van der Waals surface area contributed by atoms with E-state index in [-0.39, 0.29) is 5.41 Å². The minimum Gasteiger partial charge on any atom is -0.0918 e. The lowest BCUT2D eigenvalue weighted by Crippen LogP contribution is -2.57. The number of hydrogen-bond acceptors (Lipinski definition) is 0. The minimum absolute atomic E-state index is 0.288. The van der Waals surface area contributed by atoms with Crippen LogP contribution >= 0.6 is 0 Å². The summed E-state index contributed by atoms with van der Waals surface area (Å²) < 4.78 is 0. The van der Waals surface area contributed by atoms with Gasteiger partial charge >= 0.3 is 0 Å². The molecule has 0 radical (unpaired) electrons. The molecule has 0 saturated heterocycles. The molecule has 0 aromatic carbocycles. The van der Waals surface area contributed by atoms with Crippen molar-refractivity contribution in [3.05, 3.63) is 36.0 Å². The molecule has 0 amide bonds. The monoisotopic (exact) mass is 364 g/mol. The van der Waals surface area contributed by atoms with Crippen molar-refractivity contribution in [2.45, 2.75) is 79.6 Å². The van der Waals surface area contributed by atoms with Gasteiger partial charge in [-0.1, -0.05) is 77.8 Å². The van der Waals surface area contributed by atoms with Crippen LogP contribution in [-0.2, 0) is 0 Å². The molecule has 9 unspecified atom stereocenters. The fraction of sp³-hybridized carbons (Fsp3) is 0.778. The van der Waals surface area contributed by atoms with E-state index in [2.05, 4.69) is 59.4 Å². The lowest BCUT2D eigenvalue weighted by atomic mass is 9.41. The average Bonchev–Trinajstić information content (AvgIpc) is 2.77. The van der Waals surface area contributed by atoms with Crippen LogP contribution in [0.5, 0.6) is 0 Å². The van der Waals surface area contributed by atoms with Gasteiger partial charge in [0, 0.05) is 5.41 Å². The van der Waals surface area contributed by atoms with E-state index in [1.807, 2.05) is 0 Å². The molecule has 4 saturated carbocycles. The summed E-state index contributed by atoms with van der Waals surface area (Å²) in [6.07, 6.45) is 17.4. The van der Waals surface area contributed by atoms with Crippen molar-refractivity contribution >= 4 is 0 Å². The van der Waals surface area contributed by atoms with Crippen LogP contribution < -0.4 is 0 Å². The molecule has 27 heavy (non-hydrogen) atoms. The Morgan fingerprint density at radius 3 is 2.59 bits per heavy atom. The highest BCUT2D eigenvalue weighted by Gasteiger charge is 2.71. The van der Waals surface area contributed by atoms with Crippen molar-refractivity contribution in [1.82, 2.24) is 0 Å². The normalized spacial score (nSPS) is 55.7. The maximum absolute atomic E-state index is 4.22. The van der Waals surface area contributed by atoms with Crippen LogP contribution in [0, 0.1) is 51.8 Å². The predicted molar refractivity (Wildman–Crippen MR) is 115 cm³/mol. The fourth-order valence-electron chi connectivity index (χ4n) is 9.66. The first-order chi connectivity index (χ1) is 12.7. The molecular weight excluding hydrogens is 324 g/mol. The first kappa shape index (κ1) is 18.3. The number of fused-ring (bicyclic) bond motifs is 7. The van der Waals surface area contributed by atoms with E-state index in [0.29, 0.717) is 10.8 Å². The molecule has 5 aliphatic carbocycles. The van der Waals surface area contributed by atoms with Crippen LogP contribution in [0.2, 0.25) is 0 Å². The number of hydrogen-bond donors (Lipinski definition) is 0. The Kier molecular flexibility index (Phi) is 3.81. The summed E-state index contributed by atoms with van der Waals surface area (Å²) in [4.78, 5) is 0. The molecule has 0 aromatic rings. The molecule has 0 nitrogen and oxygen atoms in total. The zero-order valence-electron chi connectivity index (χ0n) is 18.4. The van der Waals surface area contributed by atoms with Crippen molar-refractivity contribution in [2.24, 2.45) is 51.8 Å². The summed E-state index contributed by atoms with van der Waals surface area (Å²) in [5.41, 5.74) is 4.40. The van der Waals surface area contributed by atoms with Crippen LogP contribution in [0.15, 0.2) is 36.0 Å². The van der Waals surface area contributed by atoms with E-state index in [1.165, 1.54) is 50.5 Å². The average molecular weight is 365 g/mol. The highest BCUT2D eigenvalue weighted by Crippen LogP contribution is 2.78. The van der Waals surface area contributed by atoms with Gasteiger partial charge in [-0.25, -0.2) is 0 Å². The summed E-state index contributed by atoms with van der Waals surface area (Å²) in [6.45, 7) is 17.2. The highest BCUT2D eigenvalue weighted by atomic mass is 14.8. The van der Waals surface area contributed by atoms with Gasteiger partial charge in [-0.2, -0.15) is 0 Å². The predicted octanol–water partition coefficient (Wildman–Crippen LogP) is 7.58. The van der Waals surface area contributed by atoms with E-state index in [1.54, 1.807) is 5.57 Å². The molecule has 0 heteroatoms. The Bertz CT molecular complexity index is 724. The first-order valence-electron chi connectivity index (χ1n) is 11.8. The second kappa shape index (κ2) is 5.64. The molecule has 5 aliphatic rings. The maximum Gasteiger partial charge on any atom is 0.0103 e. The van der Waals surface area contributed by atoms with Gasteiger partial charge in [0.1, 0.15) is 0 Å². The van der Waals surface area contributed by atoms with E-state index in [0.717, 1.165) is 35.5 Å². The summed E-state index contributed by atoms with van der Waals surface area (Å²) >= 11 is 0. The zero-order valence-corrected chi connectivity index (χ0v) is 18.4. The van der Waals surface area contributed by atoms with Gasteiger partial charge < -0.3 is 0 Å². The smallest absolute Gasteiger partial charge is 0.0103 e. The SMILES string of the molecule is C=C1C=CC2(C)C(=C1)CCC1C2C(C)CC2(C)C1CC1C(CCC)CC12C. The van der Waals surface area contributed by atoms with Crippen LogP contribution in [0.1, 0.15) is 79.6 Å². The minimum atomic E-state index is 0.288. The Morgan fingerprint density at radius 2 is 1.85 bits per heavy atom. The number of allylic oxidation sites excluding steroid dienone is 5. The Balaban J connectivity index is 1.51. The zero-order chi connectivity index (χ0) is 19.2. The molecule has 5 rings (SSSR count). The number of rotatable bonds is 2. The van der Waals surface area contributed by atoms with Gasteiger partial charge in [-0.3, -0.25) is 0 Å². The van der Waals surface area contributed by atoms with Crippen LogP contribution in [0.3, 0.4) is 0 Å². The summed E-state index contributed by atoms with van der Waals surface area (Å²) in [5.74, 6) is 5.62. The van der Waals surface area contributed by atoms with Crippen molar-refractivity contribution in [2.75, 3.05) is 0 Å². The molecule has 0 spiro atoms. The third kappa shape index (κ3) is 2.11. The summed E-state index contributed by atoms with van der Waals surface area (Å²) in [5, 5.41) is 0. The van der Waals surface area contributed by atoms with E-state index in [4.69, 9.17) is 0 Å². The van der Waals surface area contributed by atoms with Crippen molar-refractivity contribution in [3.63, 3.8) is 0 Å².